The van der Waals surface area contributed by atoms with Crippen LogP contribution in [-0.2, 0) is 11.2 Å². The molecule has 3 aromatic rings. The van der Waals surface area contributed by atoms with Gasteiger partial charge < -0.3 is 15.5 Å². The molecule has 36 heavy (non-hydrogen) atoms. The Hall–Kier alpha value is -4.39. The number of hydrogen-bond acceptors (Lipinski definition) is 5. The van der Waals surface area contributed by atoms with Crippen LogP contribution in [0.2, 0.25) is 0 Å². The van der Waals surface area contributed by atoms with Crippen molar-refractivity contribution < 1.29 is 23.2 Å². The van der Waals surface area contributed by atoms with Crippen LogP contribution in [0.4, 0.5) is 8.78 Å². The highest BCUT2D eigenvalue weighted by Gasteiger charge is 2.47. The number of nitrogens with zero attached hydrogens (tertiary/aromatic N) is 3. The van der Waals surface area contributed by atoms with Gasteiger partial charge in [0, 0.05) is 30.1 Å². The van der Waals surface area contributed by atoms with Gasteiger partial charge >= 0.3 is 0 Å². The van der Waals surface area contributed by atoms with Gasteiger partial charge in [0.05, 0.1) is 30.2 Å². The Morgan fingerprint density at radius 3 is 2.83 bits per heavy atom. The smallest absolute Gasteiger partial charge is 0.268 e. The quantitative estimate of drug-likeness (QED) is 0.585. The van der Waals surface area contributed by atoms with Gasteiger partial charge in [-0.1, -0.05) is 18.2 Å². The Balaban J connectivity index is 1.41. The molecule has 0 bridgehead atoms. The number of hydrogen-bond donors (Lipinski definition) is 2. The normalized spacial score (nSPS) is 18.3. The lowest BCUT2D eigenvalue weighted by atomic mass is 9.90. The molecule has 2 aliphatic heterocycles. The van der Waals surface area contributed by atoms with Crippen molar-refractivity contribution in [2.45, 2.75) is 24.8 Å². The maximum absolute atomic E-state index is 13.7. The second kappa shape index (κ2) is 9.00. The average molecular weight is 489 g/mol. The minimum Gasteiger partial charge on any atom is -0.352 e. The number of carbonyl (C=O) groups excluding carboxylic acids is 3. The first kappa shape index (κ1) is 23.4. The van der Waals surface area contributed by atoms with Gasteiger partial charge in [-0.15, -0.1) is 0 Å². The summed E-state index contributed by atoms with van der Waals surface area (Å²) in [6.45, 7) is -0.825. The predicted molar refractivity (Wildman–Crippen MR) is 126 cm³/mol. The molecule has 0 saturated carbocycles. The number of aromatic nitrogens is 1. The summed E-state index contributed by atoms with van der Waals surface area (Å²) in [5, 5.41) is 15.0. The molecule has 2 N–H and O–H groups in total. The van der Waals surface area contributed by atoms with Crippen LogP contribution in [0.5, 0.6) is 0 Å². The zero-order chi connectivity index (χ0) is 25.4. The van der Waals surface area contributed by atoms with Crippen molar-refractivity contribution in [3.05, 3.63) is 65.4 Å². The zero-order valence-corrected chi connectivity index (χ0v) is 19.1. The Kier molecular flexibility index (Phi) is 5.84. The molecular weight excluding hydrogens is 468 g/mol. The Bertz CT molecular complexity index is 1450. The number of rotatable bonds is 4. The third-order valence-electron chi connectivity index (χ3n) is 6.52. The van der Waals surface area contributed by atoms with Gasteiger partial charge in [-0.25, -0.2) is 8.78 Å². The number of likely N-dealkylation sites (tertiary alicyclic amines) is 1. The number of nitrogens with one attached hydrogen (secondary N) is 2. The molecule has 2 aliphatic rings. The Morgan fingerprint density at radius 2 is 2.03 bits per heavy atom. The van der Waals surface area contributed by atoms with E-state index in [-0.39, 0.29) is 11.5 Å². The van der Waals surface area contributed by atoms with E-state index in [9.17, 15) is 23.2 Å². The summed E-state index contributed by atoms with van der Waals surface area (Å²) in [5.41, 5.74) is 4.06. The van der Waals surface area contributed by atoms with E-state index >= 15 is 0 Å². The molecule has 182 valence electrons. The number of carbonyl (C=O) groups is 3. The Labute approximate surface area is 204 Å². The van der Waals surface area contributed by atoms with Crippen LogP contribution in [0.15, 0.2) is 48.7 Å². The van der Waals surface area contributed by atoms with Crippen LogP contribution in [0, 0.1) is 11.3 Å². The van der Waals surface area contributed by atoms with Gasteiger partial charge in [-0.05, 0) is 47.4 Å². The SMILES string of the molecule is N#C[C@@H]1CC(F)(F)CN1C(=O)CNC(=O)c1ccnc2ccc(-c3cccc4c3CCNC4=O)cc12. The fourth-order valence-electron chi connectivity index (χ4n) is 4.79. The van der Waals surface area contributed by atoms with E-state index in [0.29, 0.717) is 29.4 Å². The summed E-state index contributed by atoms with van der Waals surface area (Å²) < 4.78 is 27.3. The van der Waals surface area contributed by atoms with Crippen molar-refractivity contribution in [2.75, 3.05) is 19.6 Å². The molecule has 1 aromatic heterocycles. The predicted octanol–water partition coefficient (Wildman–Crippen LogP) is 2.68. The molecule has 0 spiro atoms. The fraction of sp³-hybridized carbons (Fsp3) is 0.269. The molecule has 3 amide bonds. The number of amides is 3. The standard InChI is InChI=1S/C26H21F2N5O3/c27-26(28)11-16(12-29)33(14-26)23(34)13-32-25(36)20-7-8-30-22-5-4-15(10-21(20)22)17-2-1-3-19-18(17)6-9-31-24(19)35/h1-5,7-8,10,16H,6,9,11,13-14H2,(H,31,35)(H,32,36)/t16-/m0/s1. The van der Waals surface area contributed by atoms with E-state index in [1.165, 1.54) is 12.3 Å². The maximum atomic E-state index is 13.7. The van der Waals surface area contributed by atoms with Crippen LogP contribution in [-0.4, -0.2) is 59.2 Å². The summed E-state index contributed by atoms with van der Waals surface area (Å²) in [7, 11) is 0. The van der Waals surface area contributed by atoms with Crippen molar-refractivity contribution >= 4 is 28.6 Å². The molecule has 10 heteroatoms. The molecule has 8 nitrogen and oxygen atoms in total. The molecule has 0 aliphatic carbocycles. The molecule has 1 atom stereocenters. The van der Waals surface area contributed by atoms with Crippen molar-refractivity contribution in [1.82, 2.24) is 20.5 Å². The molecule has 1 saturated heterocycles. The monoisotopic (exact) mass is 489 g/mol. The van der Waals surface area contributed by atoms with Gasteiger partial charge in [0.15, 0.2) is 0 Å². The van der Waals surface area contributed by atoms with Gasteiger partial charge in [0.25, 0.3) is 17.7 Å². The molecule has 5 rings (SSSR count). The van der Waals surface area contributed by atoms with E-state index in [1.54, 1.807) is 18.2 Å². The number of fused-ring (bicyclic) bond motifs is 2. The first-order valence-electron chi connectivity index (χ1n) is 11.4. The summed E-state index contributed by atoms with van der Waals surface area (Å²) in [6, 6.07) is 13.0. The van der Waals surface area contributed by atoms with Crippen molar-refractivity contribution in [3.63, 3.8) is 0 Å². The van der Waals surface area contributed by atoms with Gasteiger partial charge in [-0.2, -0.15) is 5.26 Å². The maximum Gasteiger partial charge on any atom is 0.268 e. The second-order valence-electron chi connectivity index (χ2n) is 8.84. The minimum atomic E-state index is -3.13. The first-order valence-corrected chi connectivity index (χ1v) is 11.4. The van der Waals surface area contributed by atoms with Crippen LogP contribution in [0.1, 0.15) is 32.7 Å². The lowest BCUT2D eigenvalue weighted by Crippen LogP contribution is -2.43. The van der Waals surface area contributed by atoms with Crippen molar-refractivity contribution in [2.24, 2.45) is 0 Å². The van der Waals surface area contributed by atoms with E-state index in [2.05, 4.69) is 15.6 Å². The van der Waals surface area contributed by atoms with E-state index in [4.69, 9.17) is 5.26 Å². The summed E-state index contributed by atoms with van der Waals surface area (Å²) >= 11 is 0. The molecule has 3 heterocycles. The van der Waals surface area contributed by atoms with Gasteiger partial charge in [0.2, 0.25) is 5.91 Å². The van der Waals surface area contributed by atoms with Crippen LogP contribution in [0.3, 0.4) is 0 Å². The van der Waals surface area contributed by atoms with E-state index < -0.39 is 43.3 Å². The lowest BCUT2D eigenvalue weighted by molar-refractivity contribution is -0.131. The fourth-order valence-corrected chi connectivity index (χ4v) is 4.79. The van der Waals surface area contributed by atoms with Crippen molar-refractivity contribution in [1.29, 1.82) is 5.26 Å². The van der Waals surface area contributed by atoms with Crippen molar-refractivity contribution in [3.8, 4) is 17.2 Å². The van der Waals surface area contributed by atoms with Gasteiger partial charge in [0.1, 0.15) is 6.04 Å². The van der Waals surface area contributed by atoms with E-state index in [0.717, 1.165) is 21.6 Å². The van der Waals surface area contributed by atoms with Gasteiger partial charge in [-0.3, -0.25) is 19.4 Å². The van der Waals surface area contributed by atoms with Crippen LogP contribution in [0.25, 0.3) is 22.0 Å². The first-order chi connectivity index (χ1) is 17.3. The number of halogens is 2. The highest BCUT2D eigenvalue weighted by Crippen LogP contribution is 2.32. The average Bonchev–Trinajstić information content (AvgIpc) is 3.21. The molecular formula is C26H21F2N5O3. The molecule has 2 aromatic carbocycles. The summed E-state index contributed by atoms with van der Waals surface area (Å²) in [5.74, 6) is -4.57. The lowest BCUT2D eigenvalue weighted by Gasteiger charge is -2.20. The molecule has 0 unspecified atom stereocenters. The highest BCUT2D eigenvalue weighted by atomic mass is 19.3. The minimum absolute atomic E-state index is 0.125. The highest BCUT2D eigenvalue weighted by molar-refractivity contribution is 6.08. The van der Waals surface area contributed by atoms with Crippen LogP contribution < -0.4 is 10.6 Å². The third kappa shape index (κ3) is 4.24. The number of benzene rings is 2. The summed E-state index contributed by atoms with van der Waals surface area (Å²) in [4.78, 5) is 42.9. The topological polar surface area (TPSA) is 115 Å². The Morgan fingerprint density at radius 1 is 1.22 bits per heavy atom. The number of pyridine rings is 1. The van der Waals surface area contributed by atoms with Crippen LogP contribution >= 0.6 is 0 Å². The van der Waals surface area contributed by atoms with E-state index in [1.807, 2.05) is 24.3 Å². The zero-order valence-electron chi connectivity index (χ0n) is 19.1. The third-order valence-corrected chi connectivity index (χ3v) is 6.52. The number of nitriles is 1. The largest absolute Gasteiger partial charge is 0.352 e. The molecule has 0 radical (unpaired) electrons. The molecule has 1 fully saturated rings. The number of alkyl halides is 2. The second-order valence-corrected chi connectivity index (χ2v) is 8.84. The summed E-state index contributed by atoms with van der Waals surface area (Å²) in [6.07, 6.45) is 1.43.